The van der Waals surface area contributed by atoms with E-state index in [0.717, 1.165) is 18.4 Å². The van der Waals surface area contributed by atoms with E-state index in [1.807, 2.05) is 0 Å². The SMILES string of the molecule is CS(=O)(=O)c1ccc(CNCl)cc1C(F)(F)F. The van der Waals surface area contributed by atoms with Gasteiger partial charge >= 0.3 is 6.18 Å². The first-order valence-corrected chi connectivity index (χ1v) is 6.67. The van der Waals surface area contributed by atoms with Gasteiger partial charge in [0.25, 0.3) is 0 Å². The van der Waals surface area contributed by atoms with E-state index in [0.29, 0.717) is 0 Å². The van der Waals surface area contributed by atoms with E-state index < -0.39 is 26.5 Å². The lowest BCUT2D eigenvalue weighted by Gasteiger charge is -2.13. The van der Waals surface area contributed by atoms with E-state index in [1.165, 1.54) is 6.07 Å². The molecule has 0 aliphatic rings. The summed E-state index contributed by atoms with van der Waals surface area (Å²) in [4.78, 5) is 1.44. The van der Waals surface area contributed by atoms with Crippen LogP contribution in [-0.2, 0) is 22.6 Å². The topological polar surface area (TPSA) is 46.2 Å². The minimum atomic E-state index is -4.72. The molecule has 0 aliphatic carbocycles. The van der Waals surface area contributed by atoms with Crippen LogP contribution in [0.2, 0.25) is 0 Å². The van der Waals surface area contributed by atoms with E-state index >= 15 is 0 Å². The average molecular weight is 288 g/mol. The molecule has 1 rings (SSSR count). The summed E-state index contributed by atoms with van der Waals surface area (Å²) >= 11 is 5.18. The fraction of sp³-hybridized carbons (Fsp3) is 0.333. The summed E-state index contributed by atoms with van der Waals surface area (Å²) in [5, 5.41) is 0. The van der Waals surface area contributed by atoms with Gasteiger partial charge in [0.15, 0.2) is 9.84 Å². The molecule has 17 heavy (non-hydrogen) atoms. The molecule has 1 aromatic rings. The lowest BCUT2D eigenvalue weighted by molar-refractivity contribution is -0.139. The van der Waals surface area contributed by atoms with Gasteiger partial charge < -0.3 is 0 Å². The smallest absolute Gasteiger partial charge is 0.229 e. The Morgan fingerprint density at radius 3 is 2.35 bits per heavy atom. The van der Waals surface area contributed by atoms with Crippen LogP contribution in [0, 0.1) is 0 Å². The van der Waals surface area contributed by atoms with Crippen LogP contribution < -0.4 is 4.84 Å². The summed E-state index contributed by atoms with van der Waals surface area (Å²) in [7, 11) is -3.92. The van der Waals surface area contributed by atoms with Crippen LogP contribution >= 0.6 is 11.8 Å². The number of rotatable bonds is 3. The Kier molecular flexibility index (Phi) is 4.06. The van der Waals surface area contributed by atoms with Gasteiger partial charge in [-0.2, -0.15) is 13.2 Å². The standard InChI is InChI=1S/C9H9ClF3NO2S/c1-17(15,16)8-3-2-6(5-14-10)4-7(8)9(11,12)13/h2-4,14H,5H2,1H3. The lowest BCUT2D eigenvalue weighted by Crippen LogP contribution is -2.13. The van der Waals surface area contributed by atoms with Gasteiger partial charge in [-0.25, -0.2) is 13.3 Å². The Balaban J connectivity index is 3.43. The van der Waals surface area contributed by atoms with Crippen molar-refractivity contribution in [1.29, 1.82) is 0 Å². The highest BCUT2D eigenvalue weighted by Gasteiger charge is 2.36. The zero-order valence-corrected chi connectivity index (χ0v) is 10.2. The molecule has 0 bridgehead atoms. The molecule has 96 valence electrons. The van der Waals surface area contributed by atoms with Crippen LogP contribution in [0.3, 0.4) is 0 Å². The van der Waals surface area contributed by atoms with Crippen LogP contribution in [0.25, 0.3) is 0 Å². The monoisotopic (exact) mass is 287 g/mol. The van der Waals surface area contributed by atoms with Crippen molar-refractivity contribution >= 4 is 21.6 Å². The van der Waals surface area contributed by atoms with Crippen molar-refractivity contribution in [3.63, 3.8) is 0 Å². The fourth-order valence-electron chi connectivity index (χ4n) is 1.31. The molecule has 3 nitrogen and oxygen atoms in total. The summed E-state index contributed by atoms with van der Waals surface area (Å²) in [6.07, 6.45) is -3.99. The maximum absolute atomic E-state index is 12.7. The summed E-state index contributed by atoms with van der Waals surface area (Å²) < 4.78 is 60.5. The van der Waals surface area contributed by atoms with E-state index in [4.69, 9.17) is 11.8 Å². The van der Waals surface area contributed by atoms with E-state index in [9.17, 15) is 21.6 Å². The highest BCUT2D eigenvalue weighted by Crippen LogP contribution is 2.34. The van der Waals surface area contributed by atoms with Gasteiger partial charge in [0, 0.05) is 12.8 Å². The molecule has 0 amide bonds. The third-order valence-electron chi connectivity index (χ3n) is 2.02. The van der Waals surface area contributed by atoms with Crippen LogP contribution in [0.1, 0.15) is 11.1 Å². The first-order chi connectivity index (χ1) is 7.66. The highest BCUT2D eigenvalue weighted by atomic mass is 35.5. The first kappa shape index (κ1) is 14.3. The van der Waals surface area contributed by atoms with Crippen LogP contribution in [-0.4, -0.2) is 14.7 Å². The Hall–Kier alpha value is -0.790. The second-order valence-electron chi connectivity index (χ2n) is 3.41. The second kappa shape index (κ2) is 4.83. The first-order valence-electron chi connectivity index (χ1n) is 4.40. The van der Waals surface area contributed by atoms with Gasteiger partial charge in [-0.15, -0.1) is 0 Å². The Morgan fingerprint density at radius 1 is 1.35 bits per heavy atom. The molecule has 1 N–H and O–H groups in total. The van der Waals surface area contributed by atoms with Gasteiger partial charge in [0.2, 0.25) is 0 Å². The zero-order valence-electron chi connectivity index (χ0n) is 8.68. The van der Waals surface area contributed by atoms with Crippen molar-refractivity contribution in [2.24, 2.45) is 0 Å². The van der Waals surface area contributed by atoms with Crippen molar-refractivity contribution in [2.45, 2.75) is 17.6 Å². The molecule has 0 atom stereocenters. The second-order valence-corrected chi connectivity index (χ2v) is 5.66. The zero-order chi connectivity index (χ0) is 13.3. The summed E-state index contributed by atoms with van der Waals surface area (Å²) in [6, 6.07) is 2.98. The van der Waals surface area contributed by atoms with Gasteiger partial charge in [-0.1, -0.05) is 6.07 Å². The van der Waals surface area contributed by atoms with Crippen LogP contribution in [0.15, 0.2) is 23.1 Å². The van der Waals surface area contributed by atoms with Crippen molar-refractivity contribution in [2.75, 3.05) is 6.26 Å². The number of benzene rings is 1. The number of hydrogen-bond donors (Lipinski definition) is 1. The van der Waals surface area contributed by atoms with Crippen molar-refractivity contribution < 1.29 is 21.6 Å². The summed E-state index contributed by atoms with van der Waals surface area (Å²) in [5.74, 6) is 0. The van der Waals surface area contributed by atoms with Gasteiger partial charge in [0.05, 0.1) is 10.5 Å². The molecule has 0 saturated carbocycles. The summed E-state index contributed by atoms with van der Waals surface area (Å²) in [5.41, 5.74) is -0.927. The Labute approximate surface area is 102 Å². The molecule has 0 saturated heterocycles. The quantitative estimate of drug-likeness (QED) is 0.868. The average Bonchev–Trinajstić information content (AvgIpc) is 2.15. The Morgan fingerprint density at radius 2 is 1.94 bits per heavy atom. The molecule has 1 aromatic carbocycles. The molecule has 0 spiro atoms. The minimum absolute atomic E-state index is 0.00861. The van der Waals surface area contributed by atoms with E-state index in [-0.39, 0.29) is 12.1 Å². The molecule has 0 unspecified atom stereocenters. The van der Waals surface area contributed by atoms with Gasteiger partial charge in [-0.3, -0.25) is 0 Å². The fourth-order valence-corrected chi connectivity index (χ4v) is 2.35. The van der Waals surface area contributed by atoms with Crippen LogP contribution in [0.5, 0.6) is 0 Å². The minimum Gasteiger partial charge on any atom is -0.229 e. The molecular formula is C9H9ClF3NO2S. The number of sulfone groups is 1. The largest absolute Gasteiger partial charge is 0.417 e. The molecule has 8 heteroatoms. The van der Waals surface area contributed by atoms with Gasteiger partial charge in [0.1, 0.15) is 0 Å². The maximum atomic E-state index is 12.7. The number of hydrogen-bond acceptors (Lipinski definition) is 3. The van der Waals surface area contributed by atoms with E-state index in [1.54, 1.807) is 0 Å². The number of alkyl halides is 3. The summed E-state index contributed by atoms with van der Waals surface area (Å²) in [6.45, 7) is 0.00861. The van der Waals surface area contributed by atoms with E-state index in [2.05, 4.69) is 4.84 Å². The lowest BCUT2D eigenvalue weighted by atomic mass is 10.1. The molecule has 0 aliphatic heterocycles. The van der Waals surface area contributed by atoms with Crippen LogP contribution in [0.4, 0.5) is 13.2 Å². The molecule has 0 aromatic heterocycles. The molecular weight excluding hydrogens is 279 g/mol. The van der Waals surface area contributed by atoms with Crippen molar-refractivity contribution in [3.8, 4) is 0 Å². The molecule has 0 radical (unpaired) electrons. The molecule has 0 heterocycles. The normalized spacial score (nSPS) is 12.8. The predicted molar refractivity (Wildman–Crippen MR) is 57.2 cm³/mol. The van der Waals surface area contributed by atoms with Crippen molar-refractivity contribution in [3.05, 3.63) is 29.3 Å². The third kappa shape index (κ3) is 3.58. The Bertz CT molecular complexity index is 513. The maximum Gasteiger partial charge on any atom is 0.417 e. The number of nitrogens with one attached hydrogen (secondary N) is 1. The highest BCUT2D eigenvalue weighted by molar-refractivity contribution is 7.90. The third-order valence-corrected chi connectivity index (χ3v) is 3.31. The van der Waals surface area contributed by atoms with Gasteiger partial charge in [-0.05, 0) is 29.5 Å². The predicted octanol–water partition coefficient (Wildman–Crippen LogP) is 2.35. The van der Waals surface area contributed by atoms with Crippen molar-refractivity contribution in [1.82, 2.24) is 4.84 Å². The number of halogens is 4. The molecule has 0 fully saturated rings.